The van der Waals surface area contributed by atoms with Crippen molar-refractivity contribution in [2.24, 2.45) is 0 Å². The zero-order valence-corrected chi connectivity index (χ0v) is 11.4. The molecule has 0 spiro atoms. The van der Waals surface area contributed by atoms with Gasteiger partial charge in [-0.25, -0.2) is 0 Å². The normalized spacial score (nSPS) is 17.2. The number of thioether (sulfide) groups is 1. The van der Waals surface area contributed by atoms with Crippen molar-refractivity contribution in [3.05, 3.63) is 29.8 Å². The van der Waals surface area contributed by atoms with Gasteiger partial charge in [-0.3, -0.25) is 0 Å². The maximum Gasteiger partial charge on any atom is 0.00913 e. The first-order valence-electron chi connectivity index (χ1n) is 6.45. The second kappa shape index (κ2) is 7.04. The molecular weight excluding hydrogens is 228 g/mol. The molecule has 0 atom stereocenters. The number of rotatable bonds is 5. The van der Waals surface area contributed by atoms with Crippen molar-refractivity contribution in [2.75, 3.05) is 25.9 Å². The zero-order valence-electron chi connectivity index (χ0n) is 10.5. The van der Waals surface area contributed by atoms with Crippen LogP contribution in [0.15, 0.2) is 29.2 Å². The average Bonchev–Trinajstić information content (AvgIpc) is 2.41. The molecule has 1 aromatic rings. The minimum Gasteiger partial charge on any atom is -0.317 e. The number of piperidine rings is 1. The van der Waals surface area contributed by atoms with Crippen LogP contribution in [0.3, 0.4) is 0 Å². The molecule has 0 amide bonds. The van der Waals surface area contributed by atoms with Crippen LogP contribution in [0.2, 0.25) is 0 Å². The van der Waals surface area contributed by atoms with Gasteiger partial charge in [-0.15, -0.1) is 11.8 Å². The van der Waals surface area contributed by atoms with E-state index in [1.807, 2.05) is 0 Å². The summed E-state index contributed by atoms with van der Waals surface area (Å²) < 4.78 is 0. The second-order valence-corrected chi connectivity index (χ2v) is 5.46. The summed E-state index contributed by atoms with van der Waals surface area (Å²) in [7, 11) is 0. The molecule has 1 fully saturated rings. The summed E-state index contributed by atoms with van der Waals surface area (Å²) in [5, 5.41) is 7.05. The molecule has 0 bridgehead atoms. The standard InChI is InChI=1S/C14H22N2S/c1-17-14-4-2-12(3-5-14)6-11-16-13-7-9-15-10-8-13/h2-5,13,15-16H,6-11H2,1H3. The van der Waals surface area contributed by atoms with Gasteiger partial charge in [-0.2, -0.15) is 0 Å². The van der Waals surface area contributed by atoms with Gasteiger partial charge in [0, 0.05) is 10.9 Å². The molecule has 0 aromatic heterocycles. The molecule has 0 radical (unpaired) electrons. The van der Waals surface area contributed by atoms with Gasteiger partial charge in [-0.05, 0) is 62.8 Å². The lowest BCUT2D eigenvalue weighted by atomic mass is 10.1. The molecule has 2 rings (SSSR count). The Morgan fingerprint density at radius 1 is 1.24 bits per heavy atom. The zero-order chi connectivity index (χ0) is 11.9. The molecule has 0 aliphatic carbocycles. The first kappa shape index (κ1) is 12.9. The molecular formula is C14H22N2S. The van der Waals surface area contributed by atoms with E-state index in [0.29, 0.717) is 0 Å². The molecule has 1 heterocycles. The van der Waals surface area contributed by atoms with Gasteiger partial charge >= 0.3 is 0 Å². The van der Waals surface area contributed by atoms with E-state index in [1.165, 1.54) is 36.4 Å². The lowest BCUT2D eigenvalue weighted by Gasteiger charge is -2.23. The summed E-state index contributed by atoms with van der Waals surface area (Å²) in [4.78, 5) is 1.35. The van der Waals surface area contributed by atoms with Crippen LogP contribution in [-0.2, 0) is 6.42 Å². The minimum absolute atomic E-state index is 0.724. The summed E-state index contributed by atoms with van der Waals surface area (Å²) >= 11 is 1.80. The smallest absolute Gasteiger partial charge is 0.00913 e. The maximum absolute atomic E-state index is 3.65. The monoisotopic (exact) mass is 250 g/mol. The highest BCUT2D eigenvalue weighted by Gasteiger charge is 2.11. The third-order valence-electron chi connectivity index (χ3n) is 3.34. The summed E-state index contributed by atoms with van der Waals surface area (Å²) in [6, 6.07) is 9.64. The number of benzene rings is 1. The topological polar surface area (TPSA) is 24.1 Å². The van der Waals surface area contributed by atoms with Crippen molar-refractivity contribution in [1.82, 2.24) is 10.6 Å². The summed E-state index contributed by atoms with van der Waals surface area (Å²) in [6.07, 6.45) is 5.79. The van der Waals surface area contributed by atoms with Gasteiger partial charge in [0.2, 0.25) is 0 Å². The third kappa shape index (κ3) is 4.34. The average molecular weight is 250 g/mol. The fourth-order valence-electron chi connectivity index (χ4n) is 2.24. The molecule has 1 saturated heterocycles. The Hall–Kier alpha value is -0.510. The first-order valence-corrected chi connectivity index (χ1v) is 7.68. The van der Waals surface area contributed by atoms with Crippen LogP contribution in [0.4, 0.5) is 0 Å². The summed E-state index contributed by atoms with van der Waals surface area (Å²) in [5.74, 6) is 0. The van der Waals surface area contributed by atoms with Crippen molar-refractivity contribution in [1.29, 1.82) is 0 Å². The summed E-state index contributed by atoms with van der Waals surface area (Å²) in [5.41, 5.74) is 1.43. The molecule has 17 heavy (non-hydrogen) atoms. The lowest BCUT2D eigenvalue weighted by Crippen LogP contribution is -2.40. The van der Waals surface area contributed by atoms with Crippen molar-refractivity contribution >= 4 is 11.8 Å². The highest BCUT2D eigenvalue weighted by Crippen LogP contribution is 2.15. The number of nitrogens with one attached hydrogen (secondary N) is 2. The van der Waals surface area contributed by atoms with Crippen LogP contribution >= 0.6 is 11.8 Å². The van der Waals surface area contributed by atoms with Crippen molar-refractivity contribution in [3.63, 3.8) is 0 Å². The van der Waals surface area contributed by atoms with E-state index in [4.69, 9.17) is 0 Å². The molecule has 1 aliphatic rings. The Balaban J connectivity index is 1.69. The van der Waals surface area contributed by atoms with Crippen molar-refractivity contribution in [2.45, 2.75) is 30.2 Å². The number of hydrogen-bond donors (Lipinski definition) is 2. The molecule has 1 aromatic carbocycles. The van der Waals surface area contributed by atoms with Crippen LogP contribution in [0.25, 0.3) is 0 Å². The predicted molar refractivity (Wildman–Crippen MR) is 75.8 cm³/mol. The number of hydrogen-bond acceptors (Lipinski definition) is 3. The maximum atomic E-state index is 3.65. The van der Waals surface area contributed by atoms with Gasteiger partial charge in [-0.1, -0.05) is 12.1 Å². The molecule has 3 heteroatoms. The Labute approximate surface area is 109 Å². The van der Waals surface area contributed by atoms with E-state index in [-0.39, 0.29) is 0 Å². The first-order chi connectivity index (χ1) is 8.38. The summed E-state index contributed by atoms with van der Waals surface area (Å²) in [6.45, 7) is 3.43. The highest BCUT2D eigenvalue weighted by molar-refractivity contribution is 7.98. The van der Waals surface area contributed by atoms with E-state index in [9.17, 15) is 0 Å². The van der Waals surface area contributed by atoms with Crippen molar-refractivity contribution < 1.29 is 0 Å². The largest absolute Gasteiger partial charge is 0.317 e. The molecule has 0 unspecified atom stereocenters. The molecule has 94 valence electrons. The van der Waals surface area contributed by atoms with Gasteiger partial charge < -0.3 is 10.6 Å². The van der Waals surface area contributed by atoms with Crippen LogP contribution in [0.5, 0.6) is 0 Å². The van der Waals surface area contributed by atoms with Gasteiger partial charge in [0.15, 0.2) is 0 Å². The SMILES string of the molecule is CSc1ccc(CCNC2CCNCC2)cc1. The van der Waals surface area contributed by atoms with Crippen molar-refractivity contribution in [3.8, 4) is 0 Å². The fourth-order valence-corrected chi connectivity index (χ4v) is 2.65. The molecule has 1 aliphatic heterocycles. The molecule has 0 saturated carbocycles. The van der Waals surface area contributed by atoms with Crippen LogP contribution in [0, 0.1) is 0 Å². The van der Waals surface area contributed by atoms with Crippen LogP contribution in [-0.4, -0.2) is 31.9 Å². The second-order valence-electron chi connectivity index (χ2n) is 4.58. The molecule has 2 nitrogen and oxygen atoms in total. The van der Waals surface area contributed by atoms with E-state index < -0.39 is 0 Å². The van der Waals surface area contributed by atoms with Gasteiger partial charge in [0.05, 0.1) is 0 Å². The Morgan fingerprint density at radius 3 is 2.59 bits per heavy atom. The van der Waals surface area contributed by atoms with E-state index in [0.717, 1.165) is 19.0 Å². The fraction of sp³-hybridized carbons (Fsp3) is 0.571. The van der Waals surface area contributed by atoms with E-state index >= 15 is 0 Å². The van der Waals surface area contributed by atoms with Gasteiger partial charge in [0.1, 0.15) is 0 Å². The van der Waals surface area contributed by atoms with E-state index in [2.05, 4.69) is 41.2 Å². The molecule has 2 N–H and O–H groups in total. The Bertz CT molecular complexity index is 317. The van der Waals surface area contributed by atoms with Gasteiger partial charge in [0.25, 0.3) is 0 Å². The third-order valence-corrected chi connectivity index (χ3v) is 4.09. The van der Waals surface area contributed by atoms with Crippen LogP contribution in [0.1, 0.15) is 18.4 Å². The quantitative estimate of drug-likeness (QED) is 0.784. The Morgan fingerprint density at radius 2 is 1.94 bits per heavy atom. The van der Waals surface area contributed by atoms with Crippen LogP contribution < -0.4 is 10.6 Å². The Kier molecular flexibility index (Phi) is 5.36. The van der Waals surface area contributed by atoms with E-state index in [1.54, 1.807) is 11.8 Å². The lowest BCUT2D eigenvalue weighted by molar-refractivity contribution is 0.389. The predicted octanol–water partition coefficient (Wildman–Crippen LogP) is 2.29. The minimum atomic E-state index is 0.724. The highest BCUT2D eigenvalue weighted by atomic mass is 32.2.